The van der Waals surface area contributed by atoms with Crippen molar-refractivity contribution in [3.05, 3.63) is 58.9 Å². The summed E-state index contributed by atoms with van der Waals surface area (Å²) in [6, 6.07) is 7.73. The maximum absolute atomic E-state index is 13.7. The molecule has 2 aromatic rings. The Morgan fingerprint density at radius 1 is 0.957 bits per heavy atom. The fraction of sp³-hybridized carbons (Fsp3) is 0.118. The van der Waals surface area contributed by atoms with Crippen LogP contribution in [0.2, 0.25) is 0 Å². The summed E-state index contributed by atoms with van der Waals surface area (Å²) in [6.07, 6.45) is 1.14. The molecule has 0 fully saturated rings. The lowest BCUT2D eigenvalue weighted by atomic mass is 10.0. The lowest BCUT2D eigenvalue weighted by molar-refractivity contribution is 0.355. The van der Waals surface area contributed by atoms with E-state index in [0.717, 1.165) is 6.08 Å². The first-order valence-electron chi connectivity index (χ1n) is 6.49. The van der Waals surface area contributed by atoms with Gasteiger partial charge >= 0.3 is 0 Å². The SMILES string of the molecule is COc1ccc(C(C#N)=Cc2cc(F)c(F)cc2F)cc1OC. The van der Waals surface area contributed by atoms with Crippen molar-refractivity contribution >= 4 is 11.6 Å². The van der Waals surface area contributed by atoms with Crippen molar-refractivity contribution in [2.75, 3.05) is 14.2 Å². The lowest BCUT2D eigenvalue weighted by Gasteiger charge is -2.09. The number of nitriles is 1. The molecule has 118 valence electrons. The van der Waals surface area contributed by atoms with Crippen LogP contribution in [-0.4, -0.2) is 14.2 Å². The van der Waals surface area contributed by atoms with Crippen LogP contribution in [0.4, 0.5) is 13.2 Å². The quantitative estimate of drug-likeness (QED) is 0.482. The number of ether oxygens (including phenoxy) is 2. The molecule has 0 radical (unpaired) electrons. The van der Waals surface area contributed by atoms with Gasteiger partial charge in [-0.15, -0.1) is 0 Å². The number of rotatable bonds is 4. The van der Waals surface area contributed by atoms with E-state index < -0.39 is 17.5 Å². The van der Waals surface area contributed by atoms with E-state index >= 15 is 0 Å². The second-order valence-corrected chi connectivity index (χ2v) is 4.53. The molecule has 0 spiro atoms. The van der Waals surface area contributed by atoms with Gasteiger partial charge in [-0.25, -0.2) is 13.2 Å². The third kappa shape index (κ3) is 3.46. The largest absolute Gasteiger partial charge is 0.493 e. The van der Waals surface area contributed by atoms with E-state index in [1.807, 2.05) is 6.07 Å². The van der Waals surface area contributed by atoms with Gasteiger partial charge in [-0.05, 0) is 35.9 Å². The summed E-state index contributed by atoms with van der Waals surface area (Å²) in [5.41, 5.74) is 0.264. The molecule has 0 saturated heterocycles. The van der Waals surface area contributed by atoms with E-state index in [-0.39, 0.29) is 11.1 Å². The Kier molecular flexibility index (Phi) is 4.91. The Morgan fingerprint density at radius 3 is 2.22 bits per heavy atom. The minimum Gasteiger partial charge on any atom is -0.493 e. The molecule has 0 heterocycles. The van der Waals surface area contributed by atoms with E-state index in [0.29, 0.717) is 29.2 Å². The van der Waals surface area contributed by atoms with Gasteiger partial charge in [-0.2, -0.15) is 5.26 Å². The van der Waals surface area contributed by atoms with Crippen LogP contribution in [0.15, 0.2) is 30.3 Å². The molecule has 0 aliphatic heterocycles. The number of allylic oxidation sites excluding steroid dienone is 1. The molecular formula is C17H12F3NO2. The minimum atomic E-state index is -1.29. The van der Waals surface area contributed by atoms with Gasteiger partial charge in [0.15, 0.2) is 23.1 Å². The third-order valence-corrected chi connectivity index (χ3v) is 3.15. The summed E-state index contributed by atoms with van der Waals surface area (Å²) < 4.78 is 50.1. The highest BCUT2D eigenvalue weighted by molar-refractivity contribution is 5.90. The monoisotopic (exact) mass is 319 g/mol. The van der Waals surface area contributed by atoms with Crippen LogP contribution >= 0.6 is 0 Å². The van der Waals surface area contributed by atoms with Crippen molar-refractivity contribution in [3.8, 4) is 17.6 Å². The molecule has 3 nitrogen and oxygen atoms in total. The average Bonchev–Trinajstić information content (AvgIpc) is 2.56. The minimum absolute atomic E-state index is 0.0656. The lowest BCUT2D eigenvalue weighted by Crippen LogP contribution is -1.93. The van der Waals surface area contributed by atoms with Gasteiger partial charge in [0.25, 0.3) is 0 Å². The predicted octanol–water partition coefficient (Wildman–Crippen LogP) is 4.19. The van der Waals surface area contributed by atoms with Gasteiger partial charge in [0.2, 0.25) is 0 Å². The first-order valence-corrected chi connectivity index (χ1v) is 6.49. The van der Waals surface area contributed by atoms with Gasteiger partial charge in [-0.3, -0.25) is 0 Å². The van der Waals surface area contributed by atoms with Crippen LogP contribution in [0.25, 0.3) is 11.6 Å². The van der Waals surface area contributed by atoms with E-state index in [2.05, 4.69) is 0 Å². The van der Waals surface area contributed by atoms with Gasteiger partial charge in [0.05, 0.1) is 25.9 Å². The summed E-state index contributed by atoms with van der Waals surface area (Å²) in [5.74, 6) is -2.59. The topological polar surface area (TPSA) is 42.2 Å². The van der Waals surface area contributed by atoms with Crippen molar-refractivity contribution in [1.29, 1.82) is 5.26 Å². The first-order chi connectivity index (χ1) is 11.0. The number of nitrogens with zero attached hydrogens (tertiary/aromatic N) is 1. The van der Waals surface area contributed by atoms with Crippen molar-refractivity contribution < 1.29 is 22.6 Å². The molecule has 0 aliphatic rings. The molecule has 0 aliphatic carbocycles. The molecule has 0 bridgehead atoms. The molecule has 0 atom stereocenters. The molecule has 0 N–H and O–H groups in total. The highest BCUT2D eigenvalue weighted by atomic mass is 19.2. The van der Waals surface area contributed by atoms with Crippen molar-refractivity contribution in [1.82, 2.24) is 0 Å². The van der Waals surface area contributed by atoms with Crippen LogP contribution in [0, 0.1) is 28.8 Å². The summed E-state index contributed by atoms with van der Waals surface area (Å²) in [4.78, 5) is 0. The molecule has 2 aromatic carbocycles. The highest BCUT2D eigenvalue weighted by Gasteiger charge is 2.12. The molecule has 0 unspecified atom stereocenters. The van der Waals surface area contributed by atoms with Crippen LogP contribution in [0.1, 0.15) is 11.1 Å². The van der Waals surface area contributed by atoms with Gasteiger partial charge < -0.3 is 9.47 Å². The van der Waals surface area contributed by atoms with Gasteiger partial charge in [-0.1, -0.05) is 0 Å². The Balaban J connectivity index is 2.52. The number of methoxy groups -OCH3 is 2. The first kappa shape index (κ1) is 16.4. The van der Waals surface area contributed by atoms with Crippen LogP contribution in [0.5, 0.6) is 11.5 Å². The van der Waals surface area contributed by atoms with Crippen LogP contribution in [0.3, 0.4) is 0 Å². The zero-order valence-corrected chi connectivity index (χ0v) is 12.4. The number of hydrogen-bond acceptors (Lipinski definition) is 3. The Labute approximate surface area is 131 Å². The zero-order valence-electron chi connectivity index (χ0n) is 12.4. The van der Waals surface area contributed by atoms with Crippen molar-refractivity contribution in [3.63, 3.8) is 0 Å². The summed E-state index contributed by atoms with van der Waals surface area (Å²) in [5, 5.41) is 9.27. The third-order valence-electron chi connectivity index (χ3n) is 3.15. The Hall–Kier alpha value is -2.94. The zero-order chi connectivity index (χ0) is 17.0. The van der Waals surface area contributed by atoms with E-state index in [1.54, 1.807) is 12.1 Å². The fourth-order valence-corrected chi connectivity index (χ4v) is 1.99. The second-order valence-electron chi connectivity index (χ2n) is 4.53. The second kappa shape index (κ2) is 6.88. The maximum atomic E-state index is 13.7. The standard InChI is InChI=1S/C17H12F3NO2/c1-22-16-4-3-10(7-17(16)23-2)12(9-21)5-11-6-14(19)15(20)8-13(11)18/h3-8H,1-2H3. The summed E-state index contributed by atoms with van der Waals surface area (Å²) >= 11 is 0. The Bertz CT molecular complexity index is 810. The Morgan fingerprint density at radius 2 is 1.61 bits per heavy atom. The molecule has 0 saturated carbocycles. The van der Waals surface area contributed by atoms with Gasteiger partial charge in [0.1, 0.15) is 5.82 Å². The summed E-state index contributed by atoms with van der Waals surface area (Å²) in [7, 11) is 2.90. The highest BCUT2D eigenvalue weighted by Crippen LogP contribution is 2.31. The van der Waals surface area contributed by atoms with E-state index in [9.17, 15) is 18.4 Å². The van der Waals surface area contributed by atoms with Crippen LogP contribution in [-0.2, 0) is 0 Å². The number of halogens is 3. The molecule has 0 aromatic heterocycles. The number of benzene rings is 2. The molecule has 6 heteroatoms. The smallest absolute Gasteiger partial charge is 0.161 e. The number of hydrogen-bond donors (Lipinski definition) is 0. The average molecular weight is 319 g/mol. The fourth-order valence-electron chi connectivity index (χ4n) is 1.99. The molecule has 2 rings (SSSR count). The van der Waals surface area contributed by atoms with Gasteiger partial charge in [0, 0.05) is 11.6 Å². The van der Waals surface area contributed by atoms with E-state index in [4.69, 9.17) is 9.47 Å². The van der Waals surface area contributed by atoms with Crippen molar-refractivity contribution in [2.24, 2.45) is 0 Å². The van der Waals surface area contributed by atoms with Crippen molar-refractivity contribution in [2.45, 2.75) is 0 Å². The normalized spacial score (nSPS) is 11.0. The molecule has 0 amide bonds. The molecule has 23 heavy (non-hydrogen) atoms. The predicted molar refractivity (Wildman–Crippen MR) is 79.3 cm³/mol. The maximum Gasteiger partial charge on any atom is 0.161 e. The van der Waals surface area contributed by atoms with Crippen LogP contribution < -0.4 is 9.47 Å². The summed E-state index contributed by atoms with van der Waals surface area (Å²) in [6.45, 7) is 0. The molecular weight excluding hydrogens is 307 g/mol. The van der Waals surface area contributed by atoms with E-state index in [1.165, 1.54) is 20.3 Å².